The summed E-state index contributed by atoms with van der Waals surface area (Å²) in [6, 6.07) is 30.3. The van der Waals surface area contributed by atoms with Crippen LogP contribution in [0, 0.1) is 0 Å². The van der Waals surface area contributed by atoms with Crippen molar-refractivity contribution in [1.29, 1.82) is 0 Å². The average Bonchev–Trinajstić information content (AvgIpc) is 2.76. The Labute approximate surface area is 209 Å². The monoisotopic (exact) mass is 589 g/mol. The molecule has 0 spiro atoms. The Hall–Kier alpha value is -1.37. The minimum Gasteiger partial charge on any atom is -1.00 e. The van der Waals surface area contributed by atoms with E-state index in [9.17, 15) is 0 Å². The number of aromatic nitrogens is 1. The molecule has 1 nitrogen and oxygen atoms in total. The molecule has 0 amide bonds. The van der Waals surface area contributed by atoms with Crippen LogP contribution in [0.1, 0.15) is 24.8 Å². The van der Waals surface area contributed by atoms with Gasteiger partial charge in [-0.25, -0.2) is 0 Å². The Kier molecular flexibility index (Phi) is 9.22. The molecule has 1 aromatic heterocycles. The summed E-state index contributed by atoms with van der Waals surface area (Å²) < 4.78 is 3.55. The summed E-state index contributed by atoms with van der Waals surface area (Å²) in [5.74, 6) is 0. The van der Waals surface area contributed by atoms with Crippen molar-refractivity contribution in [2.75, 3.05) is 0 Å². The Bertz CT molecular complexity index is 1070. The summed E-state index contributed by atoms with van der Waals surface area (Å²) in [6.07, 6.45) is 7.18. The number of hydrogen-bond acceptors (Lipinski definition) is 1. The number of aryl methyl sites for hydroxylation is 2. The summed E-state index contributed by atoms with van der Waals surface area (Å²) in [5.41, 5.74) is 2.76. The molecular weight excluding hydrogens is 565 g/mol. The van der Waals surface area contributed by atoms with Gasteiger partial charge in [0.15, 0.2) is 6.20 Å². The lowest BCUT2D eigenvalue weighted by molar-refractivity contribution is -0.673. The fourth-order valence-corrected chi connectivity index (χ4v) is 4.77. The van der Waals surface area contributed by atoms with E-state index in [-0.39, 0.29) is 24.0 Å². The van der Waals surface area contributed by atoms with Gasteiger partial charge in [0.05, 0.1) is 4.90 Å². The maximum atomic E-state index is 3.52. The topological polar surface area (TPSA) is 3.88 Å². The average molecular weight is 590 g/mol. The van der Waals surface area contributed by atoms with E-state index in [1.54, 1.807) is 0 Å². The maximum absolute atomic E-state index is 3.52. The first-order valence-electron chi connectivity index (χ1n) is 10.2. The van der Waals surface area contributed by atoms with Crippen LogP contribution in [-0.2, 0) is 13.0 Å². The molecule has 0 atom stereocenters. The van der Waals surface area contributed by atoms with Crippen molar-refractivity contribution in [2.24, 2.45) is 0 Å². The first-order valence-corrected chi connectivity index (χ1v) is 11.8. The van der Waals surface area contributed by atoms with Crippen molar-refractivity contribution in [3.63, 3.8) is 0 Å². The van der Waals surface area contributed by atoms with Crippen LogP contribution in [-0.4, -0.2) is 0 Å². The molecule has 0 bridgehead atoms. The third-order valence-electron chi connectivity index (χ3n) is 5.08. The minimum atomic E-state index is 0. The van der Waals surface area contributed by atoms with E-state index in [4.69, 9.17) is 0 Å². The summed E-state index contributed by atoms with van der Waals surface area (Å²) in [4.78, 5) is 2.55. The van der Waals surface area contributed by atoms with Crippen LogP contribution in [0.4, 0.5) is 0 Å². The van der Waals surface area contributed by atoms with E-state index in [1.165, 1.54) is 51.9 Å². The van der Waals surface area contributed by atoms with Crippen molar-refractivity contribution in [1.82, 2.24) is 0 Å². The van der Waals surface area contributed by atoms with Crippen molar-refractivity contribution >= 4 is 38.6 Å². The Morgan fingerprint density at radius 3 is 2.27 bits per heavy atom. The first-order chi connectivity index (χ1) is 14.3. The number of pyridine rings is 1. The van der Waals surface area contributed by atoms with Crippen LogP contribution in [0.15, 0.2) is 105 Å². The summed E-state index contributed by atoms with van der Waals surface area (Å²) >= 11 is 5.34. The van der Waals surface area contributed by atoms with E-state index in [0.717, 1.165) is 11.0 Å². The molecule has 0 radical (unpaired) electrons. The second-order valence-electron chi connectivity index (χ2n) is 7.28. The zero-order chi connectivity index (χ0) is 19.9. The Morgan fingerprint density at radius 2 is 1.47 bits per heavy atom. The molecule has 0 aliphatic rings. The van der Waals surface area contributed by atoms with Crippen LogP contribution in [0.3, 0.4) is 0 Å². The van der Waals surface area contributed by atoms with Crippen molar-refractivity contribution in [2.45, 2.75) is 42.0 Å². The van der Waals surface area contributed by atoms with Gasteiger partial charge in [-0.1, -0.05) is 70.2 Å². The highest BCUT2D eigenvalue weighted by Gasteiger charge is 2.12. The molecule has 0 saturated carbocycles. The van der Waals surface area contributed by atoms with E-state index in [2.05, 4.69) is 112 Å². The number of benzene rings is 3. The fraction of sp³-hybridized carbons (Fsp3) is 0.192. The van der Waals surface area contributed by atoms with Gasteiger partial charge in [0.25, 0.3) is 0 Å². The van der Waals surface area contributed by atoms with E-state index in [1.807, 2.05) is 11.8 Å². The van der Waals surface area contributed by atoms with Crippen molar-refractivity contribution in [3.05, 3.63) is 101 Å². The molecular formula is C26H25BrINS. The van der Waals surface area contributed by atoms with E-state index in [0.29, 0.717) is 0 Å². The second kappa shape index (κ2) is 11.9. The number of para-hydroxylation sites is 1. The molecule has 30 heavy (non-hydrogen) atoms. The molecule has 0 fully saturated rings. The van der Waals surface area contributed by atoms with Gasteiger partial charge < -0.3 is 24.0 Å². The second-order valence-corrected chi connectivity index (χ2v) is 9.34. The number of fused-ring (bicyclic) bond motifs is 1. The molecule has 0 saturated heterocycles. The molecule has 0 N–H and O–H groups in total. The molecule has 154 valence electrons. The highest BCUT2D eigenvalue weighted by atomic mass is 127. The summed E-state index contributed by atoms with van der Waals surface area (Å²) in [6.45, 7) is 1.06. The quantitative estimate of drug-likeness (QED) is 0.167. The molecule has 4 rings (SSSR count). The van der Waals surface area contributed by atoms with Crippen molar-refractivity contribution < 1.29 is 28.5 Å². The third-order valence-corrected chi connectivity index (χ3v) is 6.58. The normalized spacial score (nSPS) is 10.7. The number of halogens is 2. The number of nitrogens with zero attached hydrogens (tertiary/aromatic N) is 1. The lowest BCUT2D eigenvalue weighted by Gasteiger charge is -2.06. The van der Waals surface area contributed by atoms with Crippen LogP contribution in [0.25, 0.3) is 10.9 Å². The Balaban J connectivity index is 0.00000256. The number of unbranched alkanes of at least 4 members (excludes halogenated alkanes) is 2. The number of rotatable bonds is 8. The smallest absolute Gasteiger partial charge is 0.212 e. The zero-order valence-electron chi connectivity index (χ0n) is 16.8. The van der Waals surface area contributed by atoms with Crippen LogP contribution >= 0.6 is 27.7 Å². The largest absolute Gasteiger partial charge is 1.00 e. The Morgan fingerprint density at radius 1 is 0.733 bits per heavy atom. The van der Waals surface area contributed by atoms with Gasteiger partial charge in [-0.15, -0.1) is 0 Å². The number of hydrogen-bond donors (Lipinski definition) is 0. The van der Waals surface area contributed by atoms with Crippen LogP contribution in [0.5, 0.6) is 0 Å². The van der Waals surface area contributed by atoms with Crippen molar-refractivity contribution in [3.8, 4) is 0 Å². The van der Waals surface area contributed by atoms with Gasteiger partial charge in [0.2, 0.25) is 5.52 Å². The molecule has 4 heteroatoms. The first kappa shape index (κ1) is 23.3. The predicted molar refractivity (Wildman–Crippen MR) is 126 cm³/mol. The third kappa shape index (κ3) is 6.56. The SMILES string of the molecule is Brc1ccc(Sc2cc3ccccc3[n+](CCCCCc3ccccc3)c2)cc1.[I-]. The fourth-order valence-electron chi connectivity index (χ4n) is 3.60. The van der Waals surface area contributed by atoms with Gasteiger partial charge in [-0.2, -0.15) is 4.57 Å². The molecule has 4 aromatic rings. The van der Waals surface area contributed by atoms with Gasteiger partial charge in [-0.05, 0) is 61.2 Å². The highest BCUT2D eigenvalue weighted by molar-refractivity contribution is 9.10. The minimum absolute atomic E-state index is 0. The van der Waals surface area contributed by atoms with Gasteiger partial charge in [-0.3, -0.25) is 0 Å². The van der Waals surface area contributed by atoms with Crippen LogP contribution in [0.2, 0.25) is 0 Å². The van der Waals surface area contributed by atoms with E-state index < -0.39 is 0 Å². The maximum Gasteiger partial charge on any atom is 0.212 e. The highest BCUT2D eigenvalue weighted by Crippen LogP contribution is 2.29. The summed E-state index contributed by atoms with van der Waals surface area (Å²) in [5, 5.41) is 1.30. The van der Waals surface area contributed by atoms with Gasteiger partial charge >= 0.3 is 0 Å². The van der Waals surface area contributed by atoms with Gasteiger partial charge in [0.1, 0.15) is 6.54 Å². The lowest BCUT2D eigenvalue weighted by Crippen LogP contribution is -3.00. The summed E-state index contributed by atoms with van der Waals surface area (Å²) in [7, 11) is 0. The van der Waals surface area contributed by atoms with Gasteiger partial charge in [0, 0.05) is 27.2 Å². The molecule has 0 aliphatic carbocycles. The lowest BCUT2D eigenvalue weighted by atomic mass is 10.1. The molecule has 1 heterocycles. The predicted octanol–water partition coefficient (Wildman–Crippen LogP) is 4.46. The van der Waals surface area contributed by atoms with Crippen LogP contribution < -0.4 is 28.5 Å². The molecule has 3 aromatic carbocycles. The van der Waals surface area contributed by atoms with E-state index >= 15 is 0 Å². The molecule has 0 unspecified atom stereocenters. The molecule has 0 aliphatic heterocycles. The zero-order valence-corrected chi connectivity index (χ0v) is 21.4. The standard InChI is InChI=1S/C26H25BrNS.HI/c27-23-14-16-24(17-15-23)29-25-19-22-12-6-7-13-26(22)28(20-25)18-8-2-5-11-21-9-3-1-4-10-21;/h1,3-4,6-7,9-10,12-17,19-20H,2,5,8,11,18H2;1H/q+1;/p-1.